The van der Waals surface area contributed by atoms with E-state index in [9.17, 15) is 4.79 Å². The first-order chi connectivity index (χ1) is 8.69. The number of unbranched alkanes of at least 4 members (excludes halogenated alkanes) is 1. The highest BCUT2D eigenvalue weighted by Gasteiger charge is 2.11. The van der Waals surface area contributed by atoms with E-state index in [-0.39, 0.29) is 5.91 Å². The molecule has 0 aliphatic heterocycles. The van der Waals surface area contributed by atoms with Crippen molar-refractivity contribution in [3.05, 3.63) is 23.8 Å². The molecule has 0 radical (unpaired) electrons. The van der Waals surface area contributed by atoms with E-state index in [1.54, 1.807) is 25.3 Å². The van der Waals surface area contributed by atoms with Crippen molar-refractivity contribution in [3.8, 4) is 5.75 Å². The lowest BCUT2D eigenvalue weighted by molar-refractivity contribution is 0.0950. The molecule has 0 spiro atoms. The molecule has 0 heterocycles. The molecular weight excluding hydrogens is 248 g/mol. The maximum absolute atomic E-state index is 12.0. The van der Waals surface area contributed by atoms with Crippen molar-refractivity contribution >= 4 is 23.4 Å². The quantitative estimate of drug-likeness (QED) is 0.587. The molecule has 0 aromatic heterocycles. The van der Waals surface area contributed by atoms with Gasteiger partial charge < -0.3 is 15.8 Å². The van der Waals surface area contributed by atoms with Gasteiger partial charge in [0.2, 0.25) is 0 Å². The largest absolute Gasteiger partial charge is 0.496 e. The predicted octanol–water partition coefficient (Wildman–Crippen LogP) is 2.15. The fourth-order valence-electron chi connectivity index (χ4n) is 1.57. The summed E-state index contributed by atoms with van der Waals surface area (Å²) >= 11 is 1.82. The molecule has 1 rings (SSSR count). The lowest BCUT2D eigenvalue weighted by Crippen LogP contribution is -2.25. The molecule has 0 unspecified atom stereocenters. The van der Waals surface area contributed by atoms with Gasteiger partial charge in [0.25, 0.3) is 5.91 Å². The van der Waals surface area contributed by atoms with Crippen LogP contribution in [0.15, 0.2) is 18.2 Å². The van der Waals surface area contributed by atoms with Gasteiger partial charge in [0.1, 0.15) is 5.75 Å². The van der Waals surface area contributed by atoms with Gasteiger partial charge >= 0.3 is 0 Å². The van der Waals surface area contributed by atoms with Crippen LogP contribution in [0.4, 0.5) is 5.69 Å². The molecule has 0 atom stereocenters. The lowest BCUT2D eigenvalue weighted by atomic mass is 10.1. The predicted molar refractivity (Wildman–Crippen MR) is 77.4 cm³/mol. The van der Waals surface area contributed by atoms with E-state index in [1.165, 1.54) is 0 Å². The minimum Gasteiger partial charge on any atom is -0.496 e. The van der Waals surface area contributed by atoms with Gasteiger partial charge in [-0.3, -0.25) is 4.79 Å². The number of carbonyl (C=O) groups excluding carboxylic acids is 1. The summed E-state index contributed by atoms with van der Waals surface area (Å²) < 4.78 is 5.15. The van der Waals surface area contributed by atoms with Crippen molar-refractivity contribution < 1.29 is 9.53 Å². The molecule has 1 amide bonds. The van der Waals surface area contributed by atoms with Crippen LogP contribution in [0, 0.1) is 0 Å². The number of benzene rings is 1. The number of amides is 1. The fraction of sp³-hybridized carbons (Fsp3) is 0.462. The smallest absolute Gasteiger partial charge is 0.255 e. The van der Waals surface area contributed by atoms with Crippen molar-refractivity contribution in [3.63, 3.8) is 0 Å². The van der Waals surface area contributed by atoms with Crippen molar-refractivity contribution in [2.24, 2.45) is 0 Å². The minimum atomic E-state index is -0.136. The maximum Gasteiger partial charge on any atom is 0.255 e. The van der Waals surface area contributed by atoms with Crippen LogP contribution in [0.25, 0.3) is 0 Å². The van der Waals surface area contributed by atoms with E-state index in [0.717, 1.165) is 18.6 Å². The standard InChI is InChI=1S/C13H20N2O2S/c1-17-12-6-5-10(14)9-11(12)13(16)15-7-3-4-8-18-2/h5-6,9H,3-4,7-8,14H2,1-2H3,(H,15,16). The Hall–Kier alpha value is -1.36. The highest BCUT2D eigenvalue weighted by atomic mass is 32.2. The molecule has 0 saturated heterocycles. The number of nitrogens with two attached hydrogens (primary N) is 1. The van der Waals surface area contributed by atoms with Gasteiger partial charge in [0.05, 0.1) is 12.7 Å². The van der Waals surface area contributed by atoms with Gasteiger partial charge in [-0.15, -0.1) is 0 Å². The summed E-state index contributed by atoms with van der Waals surface area (Å²) in [5.41, 5.74) is 6.72. The number of ether oxygens (including phenoxy) is 1. The van der Waals surface area contributed by atoms with E-state index in [1.807, 2.05) is 11.8 Å². The molecule has 5 heteroatoms. The number of hydrogen-bond donors (Lipinski definition) is 2. The van der Waals surface area contributed by atoms with Crippen LogP contribution in [-0.4, -0.2) is 31.6 Å². The van der Waals surface area contributed by atoms with Gasteiger partial charge in [0.15, 0.2) is 0 Å². The van der Waals surface area contributed by atoms with Crippen LogP contribution < -0.4 is 15.8 Å². The average molecular weight is 268 g/mol. The maximum atomic E-state index is 12.0. The second-order valence-electron chi connectivity index (χ2n) is 3.92. The third-order valence-corrected chi connectivity index (χ3v) is 3.23. The number of methoxy groups -OCH3 is 1. The first-order valence-electron chi connectivity index (χ1n) is 5.89. The van der Waals surface area contributed by atoms with Gasteiger partial charge in [-0.25, -0.2) is 0 Å². The summed E-state index contributed by atoms with van der Waals surface area (Å²) in [4.78, 5) is 12.0. The Morgan fingerprint density at radius 2 is 2.22 bits per heavy atom. The number of hydrogen-bond acceptors (Lipinski definition) is 4. The zero-order valence-electron chi connectivity index (χ0n) is 10.9. The van der Waals surface area contributed by atoms with Crippen LogP contribution in [0.5, 0.6) is 5.75 Å². The summed E-state index contributed by atoms with van der Waals surface area (Å²) in [5.74, 6) is 1.53. The Morgan fingerprint density at radius 1 is 1.44 bits per heavy atom. The SMILES string of the molecule is COc1ccc(N)cc1C(=O)NCCCCSC. The number of thioether (sulfide) groups is 1. The molecule has 0 saturated carbocycles. The molecule has 0 aliphatic rings. The highest BCUT2D eigenvalue weighted by Crippen LogP contribution is 2.20. The second kappa shape index (κ2) is 7.87. The number of nitrogen functional groups attached to an aromatic ring is 1. The Bertz CT molecular complexity index is 397. The Kier molecular flexibility index (Phi) is 6.43. The van der Waals surface area contributed by atoms with Gasteiger partial charge in [0, 0.05) is 12.2 Å². The van der Waals surface area contributed by atoms with E-state index in [4.69, 9.17) is 10.5 Å². The number of rotatable bonds is 7. The van der Waals surface area contributed by atoms with Crippen LogP contribution in [0.2, 0.25) is 0 Å². The summed E-state index contributed by atoms with van der Waals surface area (Å²) in [6.45, 7) is 0.678. The Labute approximate surface area is 112 Å². The fourth-order valence-corrected chi connectivity index (χ4v) is 2.06. The third-order valence-electron chi connectivity index (χ3n) is 2.53. The topological polar surface area (TPSA) is 64.3 Å². The van der Waals surface area contributed by atoms with Crippen molar-refractivity contribution in [1.82, 2.24) is 5.32 Å². The molecule has 18 heavy (non-hydrogen) atoms. The molecule has 4 nitrogen and oxygen atoms in total. The molecule has 1 aromatic rings. The van der Waals surface area contributed by atoms with Crippen molar-refractivity contribution in [2.75, 3.05) is 31.4 Å². The first-order valence-corrected chi connectivity index (χ1v) is 7.29. The van der Waals surface area contributed by atoms with Crippen molar-refractivity contribution in [2.45, 2.75) is 12.8 Å². The summed E-state index contributed by atoms with van der Waals surface area (Å²) in [6, 6.07) is 5.06. The van der Waals surface area contributed by atoms with Crippen molar-refractivity contribution in [1.29, 1.82) is 0 Å². The van der Waals surface area contributed by atoms with Crippen LogP contribution in [0.1, 0.15) is 23.2 Å². The second-order valence-corrected chi connectivity index (χ2v) is 4.90. The zero-order chi connectivity index (χ0) is 13.4. The van der Waals surface area contributed by atoms with Gasteiger partial charge in [-0.2, -0.15) is 11.8 Å². The minimum absolute atomic E-state index is 0.136. The first kappa shape index (κ1) is 14.7. The molecule has 0 fully saturated rings. The average Bonchev–Trinajstić information content (AvgIpc) is 2.38. The summed E-state index contributed by atoms with van der Waals surface area (Å²) in [7, 11) is 1.54. The molecule has 1 aromatic carbocycles. The summed E-state index contributed by atoms with van der Waals surface area (Å²) in [5, 5.41) is 2.88. The van der Waals surface area contributed by atoms with E-state index in [2.05, 4.69) is 11.6 Å². The third kappa shape index (κ3) is 4.49. The Morgan fingerprint density at radius 3 is 2.89 bits per heavy atom. The number of anilines is 1. The van der Waals surface area contributed by atoms with Crippen LogP contribution in [-0.2, 0) is 0 Å². The molecule has 3 N–H and O–H groups in total. The Balaban J connectivity index is 2.52. The monoisotopic (exact) mass is 268 g/mol. The lowest BCUT2D eigenvalue weighted by Gasteiger charge is -2.09. The van der Waals surface area contributed by atoms with Crippen LogP contribution in [0.3, 0.4) is 0 Å². The summed E-state index contributed by atoms with van der Waals surface area (Å²) in [6.07, 6.45) is 4.17. The van der Waals surface area contributed by atoms with Gasteiger partial charge in [-0.1, -0.05) is 0 Å². The van der Waals surface area contributed by atoms with Crippen LogP contribution >= 0.6 is 11.8 Å². The number of nitrogens with one attached hydrogen (secondary N) is 1. The number of carbonyl (C=O) groups is 1. The normalized spacial score (nSPS) is 10.1. The van der Waals surface area contributed by atoms with Gasteiger partial charge in [-0.05, 0) is 43.0 Å². The van der Waals surface area contributed by atoms with E-state index < -0.39 is 0 Å². The molecular formula is C13H20N2O2S. The zero-order valence-corrected chi connectivity index (χ0v) is 11.7. The van der Waals surface area contributed by atoms with E-state index in [0.29, 0.717) is 23.5 Å². The van der Waals surface area contributed by atoms with E-state index >= 15 is 0 Å². The molecule has 0 aliphatic carbocycles. The molecule has 0 bridgehead atoms. The molecule has 100 valence electrons. The highest BCUT2D eigenvalue weighted by molar-refractivity contribution is 7.98.